The molecular weight excluding hydrogens is 308 g/mol. The molecule has 2 N–H and O–H groups in total. The summed E-state index contributed by atoms with van der Waals surface area (Å²) in [6.45, 7) is -0.457. The molecule has 8 heteroatoms. The summed E-state index contributed by atoms with van der Waals surface area (Å²) in [5.74, 6) is -1.64. The van der Waals surface area contributed by atoms with Crippen LogP contribution in [0, 0.1) is 0 Å². The number of hydrogen-bond donors (Lipinski definition) is 2. The zero-order chi connectivity index (χ0) is 15.8. The van der Waals surface area contributed by atoms with E-state index in [0.717, 1.165) is 5.56 Å². The van der Waals surface area contributed by atoms with Crippen molar-refractivity contribution in [1.82, 2.24) is 10.9 Å². The van der Waals surface area contributed by atoms with Gasteiger partial charge in [-0.3, -0.25) is 25.2 Å². The van der Waals surface area contributed by atoms with Crippen LogP contribution >= 0.6 is 11.3 Å². The molecule has 2 amide bonds. The van der Waals surface area contributed by atoms with Gasteiger partial charge < -0.3 is 9.15 Å². The van der Waals surface area contributed by atoms with Crippen molar-refractivity contribution in [2.24, 2.45) is 0 Å². The first-order valence-corrected chi connectivity index (χ1v) is 7.39. The number of amides is 2. The van der Waals surface area contributed by atoms with Crippen LogP contribution in [0.3, 0.4) is 0 Å². The quantitative estimate of drug-likeness (QED) is 0.617. The zero-order valence-corrected chi connectivity index (χ0v) is 12.4. The van der Waals surface area contributed by atoms with Crippen LogP contribution < -0.4 is 10.9 Å². The highest BCUT2D eigenvalue weighted by molar-refractivity contribution is 7.07. The minimum absolute atomic E-state index is 0.0630. The van der Waals surface area contributed by atoms with Gasteiger partial charge in [-0.1, -0.05) is 0 Å². The summed E-state index contributed by atoms with van der Waals surface area (Å²) in [5.41, 5.74) is 5.32. The second kappa shape index (κ2) is 7.99. The lowest BCUT2D eigenvalue weighted by molar-refractivity contribution is -0.148. The fourth-order valence-corrected chi connectivity index (χ4v) is 2.23. The Balaban J connectivity index is 1.60. The van der Waals surface area contributed by atoms with Crippen LogP contribution in [-0.2, 0) is 20.7 Å². The number of aryl methyl sites for hydroxylation is 1. The Morgan fingerprint density at radius 3 is 2.77 bits per heavy atom. The molecule has 116 valence electrons. The number of thiophene rings is 1. The van der Waals surface area contributed by atoms with E-state index in [-0.39, 0.29) is 12.2 Å². The van der Waals surface area contributed by atoms with Crippen LogP contribution in [0.5, 0.6) is 0 Å². The molecule has 0 bridgehead atoms. The number of hydrazine groups is 1. The fraction of sp³-hybridized carbons (Fsp3) is 0.214. The largest absolute Gasteiger partial charge is 0.459 e. The van der Waals surface area contributed by atoms with E-state index < -0.39 is 24.4 Å². The van der Waals surface area contributed by atoms with Crippen LogP contribution in [0.25, 0.3) is 0 Å². The van der Waals surface area contributed by atoms with Crippen molar-refractivity contribution >= 4 is 29.1 Å². The number of nitrogens with one attached hydrogen (secondary N) is 2. The van der Waals surface area contributed by atoms with Gasteiger partial charge in [0, 0.05) is 6.42 Å². The van der Waals surface area contributed by atoms with E-state index >= 15 is 0 Å². The lowest BCUT2D eigenvalue weighted by Crippen LogP contribution is -2.43. The molecule has 0 radical (unpaired) electrons. The van der Waals surface area contributed by atoms with Gasteiger partial charge >= 0.3 is 11.9 Å². The highest BCUT2D eigenvalue weighted by atomic mass is 32.1. The number of hydrogen-bond acceptors (Lipinski definition) is 6. The van der Waals surface area contributed by atoms with Crippen LogP contribution in [0.4, 0.5) is 0 Å². The maximum Gasteiger partial charge on any atom is 0.306 e. The van der Waals surface area contributed by atoms with Crippen molar-refractivity contribution in [1.29, 1.82) is 0 Å². The molecular formula is C14H14N2O5S. The maximum absolute atomic E-state index is 11.5. The molecule has 2 heterocycles. The lowest BCUT2D eigenvalue weighted by atomic mass is 10.2. The third-order valence-electron chi connectivity index (χ3n) is 2.62. The Kier molecular flexibility index (Phi) is 5.73. The number of furan rings is 1. The first-order chi connectivity index (χ1) is 10.6. The Hall–Kier alpha value is -2.61. The average Bonchev–Trinajstić information content (AvgIpc) is 3.21. The summed E-state index contributed by atoms with van der Waals surface area (Å²) >= 11 is 1.55. The third-order valence-corrected chi connectivity index (χ3v) is 3.35. The van der Waals surface area contributed by atoms with Crippen LogP contribution in [0.15, 0.2) is 39.6 Å². The Bertz CT molecular complexity index is 622. The number of carbonyl (C=O) groups excluding carboxylic acids is 3. The van der Waals surface area contributed by atoms with Crippen LogP contribution in [-0.4, -0.2) is 24.4 Å². The molecule has 2 rings (SSSR count). The third kappa shape index (κ3) is 5.06. The monoisotopic (exact) mass is 322 g/mol. The van der Waals surface area contributed by atoms with E-state index in [0.29, 0.717) is 6.42 Å². The molecule has 2 aromatic heterocycles. The highest BCUT2D eigenvalue weighted by Gasteiger charge is 2.11. The molecule has 0 atom stereocenters. The van der Waals surface area contributed by atoms with E-state index in [1.165, 1.54) is 12.3 Å². The summed E-state index contributed by atoms with van der Waals surface area (Å²) in [4.78, 5) is 34.3. The van der Waals surface area contributed by atoms with Gasteiger partial charge in [0.1, 0.15) is 0 Å². The van der Waals surface area contributed by atoms with E-state index in [4.69, 9.17) is 9.15 Å². The summed E-state index contributed by atoms with van der Waals surface area (Å²) in [6, 6.07) is 4.92. The fourth-order valence-electron chi connectivity index (χ4n) is 1.53. The normalized spacial score (nSPS) is 10.0. The minimum Gasteiger partial charge on any atom is -0.459 e. The number of carbonyl (C=O) groups is 3. The maximum atomic E-state index is 11.5. The van der Waals surface area contributed by atoms with Gasteiger partial charge in [0.2, 0.25) is 0 Å². The van der Waals surface area contributed by atoms with E-state index in [2.05, 4.69) is 10.9 Å². The predicted octanol–water partition coefficient (Wildman–Crippen LogP) is 1.28. The molecule has 0 aromatic carbocycles. The molecule has 0 fully saturated rings. The summed E-state index contributed by atoms with van der Waals surface area (Å²) in [6.07, 6.45) is 2.11. The molecule has 22 heavy (non-hydrogen) atoms. The van der Waals surface area contributed by atoms with Gasteiger partial charge in [-0.2, -0.15) is 11.3 Å². The Labute approximate surface area is 130 Å². The minimum atomic E-state index is -0.635. The van der Waals surface area contributed by atoms with E-state index in [1.54, 1.807) is 17.4 Å². The number of rotatable bonds is 6. The van der Waals surface area contributed by atoms with Gasteiger partial charge in [0.05, 0.1) is 6.26 Å². The van der Waals surface area contributed by atoms with Gasteiger partial charge in [-0.25, -0.2) is 0 Å². The number of esters is 1. The molecule has 7 nitrogen and oxygen atoms in total. The van der Waals surface area contributed by atoms with E-state index in [1.807, 2.05) is 16.8 Å². The topological polar surface area (TPSA) is 97.6 Å². The molecule has 0 unspecified atom stereocenters. The summed E-state index contributed by atoms with van der Waals surface area (Å²) in [5, 5.41) is 3.87. The smallest absolute Gasteiger partial charge is 0.306 e. The average molecular weight is 322 g/mol. The lowest BCUT2D eigenvalue weighted by Gasteiger charge is -2.06. The number of ether oxygens (including phenoxy) is 1. The Morgan fingerprint density at radius 1 is 1.23 bits per heavy atom. The van der Waals surface area contributed by atoms with Crippen molar-refractivity contribution in [3.8, 4) is 0 Å². The first-order valence-electron chi connectivity index (χ1n) is 6.44. The summed E-state index contributed by atoms with van der Waals surface area (Å²) < 4.78 is 9.65. The first kappa shape index (κ1) is 15.8. The van der Waals surface area contributed by atoms with Crippen LogP contribution in [0.1, 0.15) is 22.5 Å². The predicted molar refractivity (Wildman–Crippen MR) is 77.9 cm³/mol. The van der Waals surface area contributed by atoms with Crippen molar-refractivity contribution in [3.63, 3.8) is 0 Å². The zero-order valence-electron chi connectivity index (χ0n) is 11.5. The van der Waals surface area contributed by atoms with Crippen molar-refractivity contribution in [2.75, 3.05) is 6.61 Å². The molecule has 0 saturated carbocycles. The summed E-state index contributed by atoms with van der Waals surface area (Å²) in [7, 11) is 0. The highest BCUT2D eigenvalue weighted by Crippen LogP contribution is 2.08. The Morgan fingerprint density at radius 2 is 2.09 bits per heavy atom. The molecule has 0 aliphatic carbocycles. The van der Waals surface area contributed by atoms with Gasteiger partial charge in [0.25, 0.3) is 5.91 Å². The van der Waals surface area contributed by atoms with Crippen molar-refractivity contribution in [3.05, 3.63) is 46.5 Å². The molecule has 0 aliphatic heterocycles. The van der Waals surface area contributed by atoms with Crippen LogP contribution in [0.2, 0.25) is 0 Å². The standard InChI is InChI=1S/C14H14N2O5S/c17-12(15-16-14(19)11-2-1-6-20-11)8-21-13(18)4-3-10-5-7-22-9-10/h1-2,5-7,9H,3-4,8H2,(H,15,17)(H,16,19). The van der Waals surface area contributed by atoms with Gasteiger partial charge in [-0.15, -0.1) is 0 Å². The van der Waals surface area contributed by atoms with E-state index in [9.17, 15) is 14.4 Å². The second-order valence-corrected chi connectivity index (χ2v) is 5.05. The molecule has 0 aliphatic rings. The second-order valence-electron chi connectivity index (χ2n) is 4.27. The SMILES string of the molecule is O=C(COC(=O)CCc1ccsc1)NNC(=O)c1ccco1. The molecule has 0 spiro atoms. The van der Waals surface area contributed by atoms with Crippen molar-refractivity contribution in [2.45, 2.75) is 12.8 Å². The molecule has 2 aromatic rings. The van der Waals surface area contributed by atoms with Gasteiger partial charge in [0.15, 0.2) is 12.4 Å². The van der Waals surface area contributed by atoms with Gasteiger partial charge in [-0.05, 0) is 40.9 Å². The van der Waals surface area contributed by atoms with Crippen molar-refractivity contribution < 1.29 is 23.5 Å². The molecule has 0 saturated heterocycles.